The van der Waals surface area contributed by atoms with Gasteiger partial charge in [-0.15, -0.1) is 0 Å². The second kappa shape index (κ2) is 7.21. The molecule has 0 atom stereocenters. The monoisotopic (exact) mass is 412 g/mol. The summed E-state index contributed by atoms with van der Waals surface area (Å²) in [6.07, 6.45) is -3.22. The molecule has 0 bridgehead atoms. The first-order valence-electron chi connectivity index (χ1n) is 7.58. The summed E-state index contributed by atoms with van der Waals surface area (Å²) < 4.78 is 65.9. The molecule has 0 aliphatic heterocycles. The molecule has 1 aromatic heterocycles. The largest absolute Gasteiger partial charge is 0.416 e. The summed E-state index contributed by atoms with van der Waals surface area (Å²) in [5.74, 6) is 0. The molecule has 0 aliphatic carbocycles. The third-order valence-electron chi connectivity index (χ3n) is 3.66. The van der Waals surface area contributed by atoms with Crippen LogP contribution in [0.15, 0.2) is 71.8 Å². The number of benzene rings is 2. The number of halogens is 4. The highest BCUT2D eigenvalue weighted by molar-refractivity contribution is 7.92. The maximum atomic E-state index is 12.9. The maximum Gasteiger partial charge on any atom is 0.416 e. The van der Waals surface area contributed by atoms with Crippen LogP contribution < -0.4 is 4.72 Å². The number of sulfonamides is 1. The van der Waals surface area contributed by atoms with Crippen LogP contribution in [-0.2, 0) is 16.2 Å². The summed E-state index contributed by atoms with van der Waals surface area (Å²) in [6, 6.07) is 13.6. The normalized spacial score (nSPS) is 12.0. The molecular formula is C18H12ClF3N2O2S. The van der Waals surface area contributed by atoms with E-state index in [0.29, 0.717) is 0 Å². The second-order valence-corrected chi connectivity index (χ2v) is 7.60. The van der Waals surface area contributed by atoms with Gasteiger partial charge in [-0.2, -0.15) is 13.2 Å². The molecule has 27 heavy (non-hydrogen) atoms. The number of alkyl halides is 3. The minimum Gasteiger partial charge on any atom is -0.276 e. The van der Waals surface area contributed by atoms with E-state index >= 15 is 0 Å². The van der Waals surface area contributed by atoms with Gasteiger partial charge in [0, 0.05) is 11.8 Å². The van der Waals surface area contributed by atoms with Gasteiger partial charge in [0.05, 0.1) is 16.1 Å². The van der Waals surface area contributed by atoms with E-state index in [9.17, 15) is 21.6 Å². The third kappa shape index (κ3) is 4.40. The molecule has 0 unspecified atom stereocenters. The first kappa shape index (κ1) is 19.2. The number of nitrogens with one attached hydrogen (secondary N) is 1. The Morgan fingerprint density at radius 2 is 1.63 bits per heavy atom. The zero-order chi connectivity index (χ0) is 19.7. The van der Waals surface area contributed by atoms with Crippen LogP contribution in [0.3, 0.4) is 0 Å². The lowest BCUT2D eigenvalue weighted by Crippen LogP contribution is -2.13. The first-order chi connectivity index (χ1) is 12.7. The number of anilines is 1. The van der Waals surface area contributed by atoms with Gasteiger partial charge in [0.15, 0.2) is 5.15 Å². The predicted molar refractivity (Wildman–Crippen MR) is 96.9 cm³/mol. The molecule has 0 radical (unpaired) electrons. The minimum atomic E-state index is -4.49. The van der Waals surface area contributed by atoms with E-state index in [2.05, 4.69) is 9.71 Å². The van der Waals surface area contributed by atoms with Gasteiger partial charge in [-0.05, 0) is 35.9 Å². The van der Waals surface area contributed by atoms with Gasteiger partial charge in [0.1, 0.15) is 0 Å². The molecule has 0 aliphatic rings. The number of rotatable bonds is 4. The first-order valence-corrected chi connectivity index (χ1v) is 9.44. The highest BCUT2D eigenvalue weighted by atomic mass is 35.5. The Kier molecular flexibility index (Phi) is 5.12. The summed E-state index contributed by atoms with van der Waals surface area (Å²) in [6.45, 7) is 0. The van der Waals surface area contributed by atoms with Crippen LogP contribution in [0.4, 0.5) is 18.9 Å². The van der Waals surface area contributed by atoms with Crippen LogP contribution in [0.1, 0.15) is 5.56 Å². The van der Waals surface area contributed by atoms with Gasteiger partial charge in [-0.25, -0.2) is 13.4 Å². The van der Waals surface area contributed by atoms with Crippen molar-refractivity contribution >= 4 is 27.3 Å². The fourth-order valence-electron chi connectivity index (χ4n) is 2.36. The van der Waals surface area contributed by atoms with Crippen molar-refractivity contribution in [1.82, 2.24) is 4.98 Å². The Bertz CT molecular complexity index is 1070. The van der Waals surface area contributed by atoms with Crippen molar-refractivity contribution in [1.29, 1.82) is 0 Å². The summed E-state index contributed by atoms with van der Waals surface area (Å²) in [5, 5.41) is -0.120. The minimum absolute atomic E-state index is 0.0190. The summed E-state index contributed by atoms with van der Waals surface area (Å²) >= 11 is 5.96. The number of hydrogen-bond acceptors (Lipinski definition) is 3. The lowest BCUT2D eigenvalue weighted by Gasteiger charge is -2.12. The number of pyridine rings is 1. The molecule has 0 saturated carbocycles. The summed E-state index contributed by atoms with van der Waals surface area (Å²) in [5.41, 5.74) is -0.331. The number of aromatic nitrogens is 1. The van der Waals surface area contributed by atoms with Gasteiger partial charge >= 0.3 is 6.18 Å². The molecule has 1 heterocycles. The van der Waals surface area contributed by atoms with Gasteiger partial charge in [0.25, 0.3) is 10.0 Å². The van der Waals surface area contributed by atoms with E-state index in [1.54, 1.807) is 18.2 Å². The van der Waals surface area contributed by atoms with Crippen LogP contribution in [0, 0.1) is 0 Å². The Hall–Kier alpha value is -2.58. The fourth-order valence-corrected chi connectivity index (χ4v) is 3.64. The average molecular weight is 413 g/mol. The Morgan fingerprint density at radius 3 is 2.30 bits per heavy atom. The molecule has 3 rings (SSSR count). The highest BCUT2D eigenvalue weighted by Gasteiger charge is 2.30. The smallest absolute Gasteiger partial charge is 0.276 e. The van der Waals surface area contributed by atoms with Crippen molar-refractivity contribution in [2.45, 2.75) is 11.1 Å². The van der Waals surface area contributed by atoms with Crippen molar-refractivity contribution in [3.8, 4) is 11.1 Å². The second-order valence-electron chi connectivity index (χ2n) is 5.56. The molecule has 4 nitrogen and oxygen atoms in total. The van der Waals surface area contributed by atoms with Crippen LogP contribution in [0.25, 0.3) is 11.1 Å². The van der Waals surface area contributed by atoms with Crippen LogP contribution in [-0.4, -0.2) is 13.4 Å². The highest BCUT2D eigenvalue weighted by Crippen LogP contribution is 2.33. The van der Waals surface area contributed by atoms with E-state index in [-0.39, 0.29) is 26.9 Å². The Morgan fingerprint density at radius 1 is 0.926 bits per heavy atom. The molecule has 3 aromatic rings. The molecule has 2 aromatic carbocycles. The molecule has 1 N–H and O–H groups in total. The topological polar surface area (TPSA) is 59.1 Å². The van der Waals surface area contributed by atoms with Crippen LogP contribution in [0.2, 0.25) is 5.15 Å². The van der Waals surface area contributed by atoms with E-state index in [1.807, 2.05) is 0 Å². The lowest BCUT2D eigenvalue weighted by atomic mass is 10.0. The van der Waals surface area contributed by atoms with Gasteiger partial charge in [0.2, 0.25) is 0 Å². The van der Waals surface area contributed by atoms with Gasteiger partial charge in [-0.3, -0.25) is 4.72 Å². The zero-order valence-electron chi connectivity index (χ0n) is 13.5. The Balaban J connectivity index is 1.99. The fraction of sp³-hybridized carbons (Fsp3) is 0.0556. The Labute approximate surface area is 158 Å². The van der Waals surface area contributed by atoms with Crippen LogP contribution in [0.5, 0.6) is 0 Å². The predicted octanol–water partition coefficient (Wildman–Crippen LogP) is 5.22. The van der Waals surface area contributed by atoms with Crippen molar-refractivity contribution < 1.29 is 21.6 Å². The quantitative estimate of drug-likeness (QED) is 0.597. The van der Waals surface area contributed by atoms with Crippen LogP contribution >= 0.6 is 11.6 Å². The van der Waals surface area contributed by atoms with E-state index in [1.165, 1.54) is 36.5 Å². The molecule has 0 spiro atoms. The van der Waals surface area contributed by atoms with Crippen molar-refractivity contribution in [3.63, 3.8) is 0 Å². The van der Waals surface area contributed by atoms with E-state index in [4.69, 9.17) is 11.6 Å². The van der Waals surface area contributed by atoms with E-state index in [0.717, 1.165) is 12.1 Å². The SMILES string of the molecule is O=S(=O)(Nc1cc(-c2cccc(C(F)(F)F)c2)cnc1Cl)c1ccccc1. The molecule has 9 heteroatoms. The van der Waals surface area contributed by atoms with E-state index < -0.39 is 21.8 Å². The lowest BCUT2D eigenvalue weighted by molar-refractivity contribution is -0.137. The third-order valence-corrected chi connectivity index (χ3v) is 5.34. The molecule has 0 saturated heterocycles. The van der Waals surface area contributed by atoms with Crippen molar-refractivity contribution in [3.05, 3.63) is 77.6 Å². The van der Waals surface area contributed by atoms with Gasteiger partial charge < -0.3 is 0 Å². The number of nitrogens with zero attached hydrogens (tertiary/aromatic N) is 1. The maximum absolute atomic E-state index is 12.9. The molecule has 0 amide bonds. The number of hydrogen-bond donors (Lipinski definition) is 1. The molecular weight excluding hydrogens is 401 g/mol. The standard InChI is InChI=1S/C18H12ClF3N2O2S/c19-17-16(24-27(25,26)15-7-2-1-3-8-15)10-13(11-23-17)12-5-4-6-14(9-12)18(20,21)22/h1-11,24H. The summed E-state index contributed by atoms with van der Waals surface area (Å²) in [7, 11) is -3.92. The molecule has 0 fully saturated rings. The van der Waals surface area contributed by atoms with Gasteiger partial charge in [-0.1, -0.05) is 41.9 Å². The zero-order valence-corrected chi connectivity index (χ0v) is 15.1. The van der Waals surface area contributed by atoms with Crippen molar-refractivity contribution in [2.24, 2.45) is 0 Å². The average Bonchev–Trinajstić information content (AvgIpc) is 2.63. The van der Waals surface area contributed by atoms with Crippen molar-refractivity contribution in [2.75, 3.05) is 4.72 Å². The summed E-state index contributed by atoms with van der Waals surface area (Å²) in [4.78, 5) is 3.90. The molecule has 140 valence electrons.